The van der Waals surface area contributed by atoms with E-state index in [0.717, 1.165) is 17.9 Å². The van der Waals surface area contributed by atoms with Crippen molar-refractivity contribution in [2.45, 2.75) is 39.7 Å². The van der Waals surface area contributed by atoms with Crippen LogP contribution >= 0.6 is 0 Å². The Kier molecular flexibility index (Phi) is 7.67. The number of amides is 2. The smallest absolute Gasteiger partial charge is 0.243 e. The van der Waals surface area contributed by atoms with Gasteiger partial charge in [-0.05, 0) is 43.7 Å². The van der Waals surface area contributed by atoms with Gasteiger partial charge in [0, 0.05) is 29.5 Å². The Balaban J connectivity index is 1.88. The molecule has 27 heavy (non-hydrogen) atoms. The number of hydrogen-bond donors (Lipinski definition) is 3. The fourth-order valence-electron chi connectivity index (χ4n) is 2.31. The van der Waals surface area contributed by atoms with Crippen LogP contribution in [-0.4, -0.2) is 24.5 Å². The van der Waals surface area contributed by atoms with Gasteiger partial charge in [0.2, 0.25) is 11.8 Å². The summed E-state index contributed by atoms with van der Waals surface area (Å²) < 4.78 is 5.79. The predicted molar refractivity (Wildman–Crippen MR) is 109 cm³/mol. The highest BCUT2D eigenvalue weighted by atomic mass is 16.5. The highest BCUT2D eigenvalue weighted by Crippen LogP contribution is 2.19. The molecular formula is C21H27N3O3. The summed E-state index contributed by atoms with van der Waals surface area (Å²) in [6.45, 7) is 6.00. The first-order valence-corrected chi connectivity index (χ1v) is 9.20. The molecule has 3 N–H and O–H groups in total. The summed E-state index contributed by atoms with van der Waals surface area (Å²) in [5, 5.41) is 8.68. The topological polar surface area (TPSA) is 79.5 Å². The SMILES string of the molecule is CCC(=O)Nc1cccc(NC(=O)CNc2cccc(OC(C)CC)c2)c1. The van der Waals surface area contributed by atoms with Gasteiger partial charge in [-0.2, -0.15) is 0 Å². The molecule has 0 aliphatic rings. The molecule has 1 unspecified atom stereocenters. The zero-order valence-corrected chi connectivity index (χ0v) is 16.0. The molecule has 2 amide bonds. The molecule has 0 radical (unpaired) electrons. The Bertz CT molecular complexity index is 777. The molecule has 0 fully saturated rings. The normalized spacial score (nSPS) is 11.4. The van der Waals surface area contributed by atoms with Gasteiger partial charge in [0.05, 0.1) is 12.6 Å². The minimum Gasteiger partial charge on any atom is -0.491 e. The largest absolute Gasteiger partial charge is 0.491 e. The van der Waals surface area contributed by atoms with Crippen LogP contribution in [0.25, 0.3) is 0 Å². The Morgan fingerprint density at radius 2 is 1.56 bits per heavy atom. The molecule has 0 bridgehead atoms. The molecule has 0 aliphatic carbocycles. The number of hydrogen-bond acceptors (Lipinski definition) is 4. The average molecular weight is 369 g/mol. The number of ether oxygens (including phenoxy) is 1. The van der Waals surface area contributed by atoms with Gasteiger partial charge in [0.1, 0.15) is 5.75 Å². The molecule has 2 aromatic carbocycles. The van der Waals surface area contributed by atoms with Gasteiger partial charge in [-0.25, -0.2) is 0 Å². The van der Waals surface area contributed by atoms with Gasteiger partial charge < -0.3 is 20.7 Å². The lowest BCUT2D eigenvalue weighted by Crippen LogP contribution is -2.22. The van der Waals surface area contributed by atoms with Crippen molar-refractivity contribution in [2.24, 2.45) is 0 Å². The number of carbonyl (C=O) groups excluding carboxylic acids is 2. The van der Waals surface area contributed by atoms with Crippen LogP contribution in [0.15, 0.2) is 48.5 Å². The van der Waals surface area contributed by atoms with Crippen LogP contribution < -0.4 is 20.7 Å². The predicted octanol–water partition coefficient (Wildman–Crippen LogP) is 4.26. The number of rotatable bonds is 9. The molecule has 6 nitrogen and oxygen atoms in total. The van der Waals surface area contributed by atoms with E-state index in [2.05, 4.69) is 22.9 Å². The Morgan fingerprint density at radius 1 is 0.926 bits per heavy atom. The first-order chi connectivity index (χ1) is 13.0. The van der Waals surface area contributed by atoms with Crippen LogP contribution in [0.4, 0.5) is 17.1 Å². The molecule has 0 heterocycles. The fraction of sp³-hybridized carbons (Fsp3) is 0.333. The highest BCUT2D eigenvalue weighted by Gasteiger charge is 2.06. The summed E-state index contributed by atoms with van der Waals surface area (Å²) in [7, 11) is 0. The minimum atomic E-state index is -0.179. The third-order valence-corrected chi connectivity index (χ3v) is 3.95. The number of anilines is 3. The second-order valence-corrected chi connectivity index (χ2v) is 6.25. The lowest BCUT2D eigenvalue weighted by Gasteiger charge is -2.14. The maximum absolute atomic E-state index is 12.2. The number of carbonyl (C=O) groups is 2. The molecule has 0 aliphatic heterocycles. The van der Waals surface area contributed by atoms with Crippen molar-refractivity contribution in [3.8, 4) is 5.75 Å². The quantitative estimate of drug-likeness (QED) is 0.617. The number of benzene rings is 2. The van der Waals surface area contributed by atoms with E-state index in [0.29, 0.717) is 17.8 Å². The van der Waals surface area contributed by atoms with Crippen LogP contribution in [0.3, 0.4) is 0 Å². The van der Waals surface area contributed by atoms with Crippen molar-refractivity contribution in [1.82, 2.24) is 0 Å². The van der Waals surface area contributed by atoms with Gasteiger partial charge in [0.25, 0.3) is 0 Å². The van der Waals surface area contributed by atoms with Crippen molar-refractivity contribution in [2.75, 3.05) is 22.5 Å². The van der Waals surface area contributed by atoms with Crippen LogP contribution in [0.5, 0.6) is 5.75 Å². The maximum atomic E-state index is 12.2. The zero-order chi connectivity index (χ0) is 19.6. The number of nitrogens with one attached hydrogen (secondary N) is 3. The molecule has 0 saturated heterocycles. The van der Waals surface area contributed by atoms with Crippen LogP contribution in [0.1, 0.15) is 33.6 Å². The van der Waals surface area contributed by atoms with Crippen molar-refractivity contribution in [1.29, 1.82) is 0 Å². The van der Waals surface area contributed by atoms with Gasteiger partial charge in [-0.15, -0.1) is 0 Å². The van der Waals surface area contributed by atoms with E-state index in [1.165, 1.54) is 0 Å². The Morgan fingerprint density at radius 3 is 2.22 bits per heavy atom. The molecule has 1 atom stereocenters. The third-order valence-electron chi connectivity index (χ3n) is 3.95. The first-order valence-electron chi connectivity index (χ1n) is 9.20. The molecule has 144 valence electrons. The molecular weight excluding hydrogens is 342 g/mol. The second kappa shape index (κ2) is 10.2. The third kappa shape index (κ3) is 7.01. The van der Waals surface area contributed by atoms with E-state index in [1.54, 1.807) is 31.2 Å². The molecule has 2 aromatic rings. The Hall–Kier alpha value is -3.02. The van der Waals surface area contributed by atoms with E-state index < -0.39 is 0 Å². The summed E-state index contributed by atoms with van der Waals surface area (Å²) in [5.41, 5.74) is 2.10. The standard InChI is InChI=1S/C21H27N3O3/c1-4-15(3)27-19-11-7-8-16(13-19)22-14-21(26)24-18-10-6-9-17(12-18)23-20(25)5-2/h6-13,15,22H,4-5,14H2,1-3H3,(H,23,25)(H,24,26). The summed E-state index contributed by atoms with van der Waals surface area (Å²) in [6.07, 6.45) is 1.47. The Labute approximate surface area is 160 Å². The van der Waals surface area contributed by atoms with Crippen molar-refractivity contribution >= 4 is 28.9 Å². The van der Waals surface area contributed by atoms with E-state index in [-0.39, 0.29) is 24.5 Å². The lowest BCUT2D eigenvalue weighted by atomic mass is 10.2. The zero-order valence-electron chi connectivity index (χ0n) is 16.0. The maximum Gasteiger partial charge on any atom is 0.243 e. The van der Waals surface area contributed by atoms with E-state index in [1.807, 2.05) is 31.2 Å². The fourth-order valence-corrected chi connectivity index (χ4v) is 2.31. The van der Waals surface area contributed by atoms with Gasteiger partial charge >= 0.3 is 0 Å². The van der Waals surface area contributed by atoms with Crippen molar-refractivity contribution in [3.05, 3.63) is 48.5 Å². The van der Waals surface area contributed by atoms with E-state index >= 15 is 0 Å². The minimum absolute atomic E-state index is 0.0698. The first kappa shape index (κ1) is 20.3. The van der Waals surface area contributed by atoms with Gasteiger partial charge in [0.15, 0.2) is 0 Å². The molecule has 0 saturated carbocycles. The van der Waals surface area contributed by atoms with Gasteiger partial charge in [-0.1, -0.05) is 26.0 Å². The summed E-state index contributed by atoms with van der Waals surface area (Å²) in [6, 6.07) is 14.6. The average Bonchev–Trinajstić information content (AvgIpc) is 2.66. The molecule has 0 aromatic heterocycles. The van der Waals surface area contributed by atoms with Crippen LogP contribution in [0, 0.1) is 0 Å². The van der Waals surface area contributed by atoms with Gasteiger partial charge in [-0.3, -0.25) is 9.59 Å². The van der Waals surface area contributed by atoms with Crippen molar-refractivity contribution in [3.63, 3.8) is 0 Å². The lowest BCUT2D eigenvalue weighted by molar-refractivity contribution is -0.116. The highest BCUT2D eigenvalue weighted by molar-refractivity contribution is 5.95. The van der Waals surface area contributed by atoms with Crippen LogP contribution in [-0.2, 0) is 9.59 Å². The van der Waals surface area contributed by atoms with Crippen LogP contribution in [0.2, 0.25) is 0 Å². The monoisotopic (exact) mass is 369 g/mol. The molecule has 6 heteroatoms. The van der Waals surface area contributed by atoms with E-state index in [4.69, 9.17) is 4.74 Å². The molecule has 0 spiro atoms. The second-order valence-electron chi connectivity index (χ2n) is 6.25. The summed E-state index contributed by atoms with van der Waals surface area (Å²) >= 11 is 0. The van der Waals surface area contributed by atoms with Crippen molar-refractivity contribution < 1.29 is 14.3 Å². The summed E-state index contributed by atoms with van der Waals surface area (Å²) in [5.74, 6) is 0.524. The summed E-state index contributed by atoms with van der Waals surface area (Å²) in [4.78, 5) is 23.7. The van der Waals surface area contributed by atoms with E-state index in [9.17, 15) is 9.59 Å². The molecule has 2 rings (SSSR count).